The Morgan fingerprint density at radius 1 is 0.912 bits per heavy atom. The van der Waals surface area contributed by atoms with E-state index in [0.717, 1.165) is 47.8 Å². The molecule has 0 spiro atoms. The van der Waals surface area contributed by atoms with E-state index in [1.807, 2.05) is 19.1 Å². The normalized spacial score (nSPS) is 11.7. The van der Waals surface area contributed by atoms with E-state index < -0.39 is 0 Å². The predicted octanol–water partition coefficient (Wildman–Crippen LogP) is 2.38. The van der Waals surface area contributed by atoms with Gasteiger partial charge in [0, 0.05) is 19.0 Å². The summed E-state index contributed by atoms with van der Waals surface area (Å²) in [5, 5.41) is 5.93. The summed E-state index contributed by atoms with van der Waals surface area (Å²) >= 11 is 0. The van der Waals surface area contributed by atoms with Crippen LogP contribution in [0.15, 0.2) is 66.9 Å². The Balaban J connectivity index is 0.00000274. The molecule has 4 aromatic rings. The minimum absolute atomic E-state index is 0. The molecule has 0 atom stereocenters. The van der Waals surface area contributed by atoms with Gasteiger partial charge >= 0.3 is 0 Å². The van der Waals surface area contributed by atoms with Crippen LogP contribution in [0.4, 0.5) is 5.69 Å². The Hall–Kier alpha value is -3.25. The number of ether oxygens (including phenoxy) is 3. The Kier molecular flexibility index (Phi) is 7.27. The predicted molar refractivity (Wildman–Crippen MR) is 131 cm³/mol. The average molecular weight is 521 g/mol. The number of benzene rings is 3. The van der Waals surface area contributed by atoms with Crippen molar-refractivity contribution in [2.45, 2.75) is 26.4 Å². The van der Waals surface area contributed by atoms with E-state index in [-0.39, 0.29) is 17.0 Å². The zero-order valence-corrected chi connectivity index (χ0v) is 21.3. The molecule has 5 nitrogen and oxygen atoms in total. The van der Waals surface area contributed by atoms with Gasteiger partial charge in [0.1, 0.15) is 5.75 Å². The van der Waals surface area contributed by atoms with E-state index in [0.29, 0.717) is 6.61 Å². The number of aryl methyl sites for hydroxylation is 2. The molecule has 34 heavy (non-hydrogen) atoms. The number of aromatic nitrogens is 1. The van der Waals surface area contributed by atoms with Gasteiger partial charge in [-0.15, -0.1) is 0 Å². The third kappa shape index (κ3) is 4.42. The van der Waals surface area contributed by atoms with Gasteiger partial charge in [-0.25, -0.2) is 0 Å². The van der Waals surface area contributed by atoms with Crippen molar-refractivity contribution in [1.82, 2.24) is 0 Å². The van der Waals surface area contributed by atoms with Crippen molar-refractivity contribution in [3.63, 3.8) is 0 Å². The van der Waals surface area contributed by atoms with Gasteiger partial charge in [-0.05, 0) is 41.6 Å². The highest BCUT2D eigenvalue weighted by molar-refractivity contribution is 5.97. The molecule has 6 heteroatoms. The molecule has 0 radical (unpaired) electrons. The molecule has 176 valence electrons. The fraction of sp³-hybridized carbons (Fsp3) is 0.250. The first kappa shape index (κ1) is 23.9. The molecule has 0 bridgehead atoms. The van der Waals surface area contributed by atoms with E-state index >= 15 is 0 Å². The van der Waals surface area contributed by atoms with Crippen molar-refractivity contribution in [3.05, 3.63) is 78.0 Å². The van der Waals surface area contributed by atoms with E-state index in [1.54, 1.807) is 14.2 Å². The highest BCUT2D eigenvalue weighted by Crippen LogP contribution is 2.39. The number of hydrogen-bond acceptors (Lipinski definition) is 4. The summed E-state index contributed by atoms with van der Waals surface area (Å²) in [6.07, 6.45) is 3.19. The first-order chi connectivity index (χ1) is 16.2. The molecular formula is C28H29BrN2O3. The zero-order chi connectivity index (χ0) is 22.8. The quantitative estimate of drug-likeness (QED) is 0.380. The zero-order valence-electron chi connectivity index (χ0n) is 19.7. The number of rotatable bonds is 7. The fourth-order valence-corrected chi connectivity index (χ4v) is 4.61. The molecule has 1 N–H and O–H groups in total. The van der Waals surface area contributed by atoms with Crippen LogP contribution >= 0.6 is 0 Å². The molecule has 0 saturated carbocycles. The maximum Gasteiger partial charge on any atom is 0.213 e. The summed E-state index contributed by atoms with van der Waals surface area (Å²) < 4.78 is 19.5. The van der Waals surface area contributed by atoms with Crippen molar-refractivity contribution in [2.75, 3.05) is 26.1 Å². The van der Waals surface area contributed by atoms with Crippen LogP contribution in [0.25, 0.3) is 22.0 Å². The second kappa shape index (κ2) is 10.3. The lowest BCUT2D eigenvalue weighted by Gasteiger charge is -2.20. The van der Waals surface area contributed by atoms with Crippen molar-refractivity contribution in [3.8, 4) is 28.5 Å². The van der Waals surface area contributed by atoms with Crippen molar-refractivity contribution < 1.29 is 35.8 Å². The van der Waals surface area contributed by atoms with Gasteiger partial charge in [-0.2, -0.15) is 4.57 Å². The lowest BCUT2D eigenvalue weighted by atomic mass is 9.95. The molecular weight excluding hydrogens is 492 g/mol. The van der Waals surface area contributed by atoms with Crippen LogP contribution < -0.4 is 41.1 Å². The number of hydrogen-bond donors (Lipinski definition) is 1. The summed E-state index contributed by atoms with van der Waals surface area (Å²) in [5.41, 5.74) is 5.91. The molecule has 2 heterocycles. The van der Waals surface area contributed by atoms with Crippen molar-refractivity contribution in [1.29, 1.82) is 0 Å². The molecule has 3 aromatic carbocycles. The van der Waals surface area contributed by atoms with Gasteiger partial charge in [0.15, 0.2) is 24.2 Å². The van der Waals surface area contributed by atoms with Crippen molar-refractivity contribution in [2.24, 2.45) is 0 Å². The summed E-state index contributed by atoms with van der Waals surface area (Å²) in [6.45, 7) is 4.25. The van der Waals surface area contributed by atoms with Crippen LogP contribution in [-0.4, -0.2) is 20.8 Å². The van der Waals surface area contributed by atoms with Gasteiger partial charge in [0.25, 0.3) is 0 Å². The molecule has 0 aliphatic carbocycles. The number of pyridine rings is 1. The first-order valence-corrected chi connectivity index (χ1v) is 11.4. The van der Waals surface area contributed by atoms with E-state index in [1.165, 1.54) is 27.8 Å². The molecule has 1 aliphatic heterocycles. The third-order valence-corrected chi connectivity index (χ3v) is 6.25. The molecule has 5 rings (SSSR count). The average Bonchev–Trinajstić information content (AvgIpc) is 2.86. The van der Waals surface area contributed by atoms with Gasteiger partial charge in [-0.1, -0.05) is 36.4 Å². The highest BCUT2D eigenvalue weighted by Gasteiger charge is 2.27. The maximum absolute atomic E-state index is 5.80. The van der Waals surface area contributed by atoms with Gasteiger partial charge in [0.2, 0.25) is 5.69 Å². The molecule has 1 aromatic heterocycles. The topological polar surface area (TPSA) is 43.6 Å². The first-order valence-electron chi connectivity index (χ1n) is 11.4. The summed E-state index contributed by atoms with van der Waals surface area (Å²) in [7, 11) is 3.41. The summed E-state index contributed by atoms with van der Waals surface area (Å²) in [6, 6.07) is 21.1. The SMILES string of the molecule is CCOc1cc2c(cc1OC)-c1cc3ccc(OC)c(NCc4ccccc4)c3c[n+]1CC2.[Br-]. The van der Waals surface area contributed by atoms with Crippen LogP contribution in [0.5, 0.6) is 17.2 Å². The van der Waals surface area contributed by atoms with E-state index in [2.05, 4.69) is 64.6 Å². The number of nitrogens with one attached hydrogen (secondary N) is 1. The Morgan fingerprint density at radius 2 is 1.71 bits per heavy atom. The lowest BCUT2D eigenvalue weighted by molar-refractivity contribution is -0.686. The number of anilines is 1. The van der Waals surface area contributed by atoms with E-state index in [4.69, 9.17) is 14.2 Å². The molecule has 0 amide bonds. The second-order valence-electron chi connectivity index (χ2n) is 8.18. The highest BCUT2D eigenvalue weighted by atomic mass is 79.9. The molecule has 0 unspecified atom stereocenters. The van der Waals surface area contributed by atoms with Crippen LogP contribution in [0, 0.1) is 0 Å². The van der Waals surface area contributed by atoms with Gasteiger partial charge in [0.05, 0.1) is 37.5 Å². The monoisotopic (exact) mass is 520 g/mol. The minimum Gasteiger partial charge on any atom is -1.00 e. The molecule has 0 fully saturated rings. The number of methoxy groups -OCH3 is 2. The number of nitrogens with zero attached hydrogens (tertiary/aromatic N) is 1. The molecule has 0 saturated heterocycles. The van der Waals surface area contributed by atoms with Gasteiger partial charge in [-0.3, -0.25) is 0 Å². The van der Waals surface area contributed by atoms with Crippen molar-refractivity contribution >= 4 is 16.5 Å². The number of halogens is 1. The largest absolute Gasteiger partial charge is 1.00 e. The molecule has 1 aliphatic rings. The summed E-state index contributed by atoms with van der Waals surface area (Å²) in [4.78, 5) is 0. The minimum atomic E-state index is 0. The smallest absolute Gasteiger partial charge is 0.213 e. The van der Waals surface area contributed by atoms with Crippen LogP contribution in [0.1, 0.15) is 18.1 Å². The van der Waals surface area contributed by atoms with Crippen LogP contribution in [-0.2, 0) is 19.5 Å². The maximum atomic E-state index is 5.80. The third-order valence-electron chi connectivity index (χ3n) is 6.25. The Bertz CT molecular complexity index is 1310. The van der Waals surface area contributed by atoms with Crippen LogP contribution in [0.3, 0.4) is 0 Å². The Labute approximate surface area is 211 Å². The Morgan fingerprint density at radius 3 is 2.44 bits per heavy atom. The van der Waals surface area contributed by atoms with Crippen LogP contribution in [0.2, 0.25) is 0 Å². The van der Waals surface area contributed by atoms with Gasteiger partial charge < -0.3 is 36.5 Å². The second-order valence-corrected chi connectivity index (χ2v) is 8.18. The lowest BCUT2D eigenvalue weighted by Crippen LogP contribution is -3.00. The van der Waals surface area contributed by atoms with E-state index in [9.17, 15) is 0 Å². The summed E-state index contributed by atoms with van der Waals surface area (Å²) in [5.74, 6) is 2.42. The standard InChI is InChI=1S/C28H28N2O3.BrH/c1-4-33-27-15-21-12-13-30-18-23-20(14-24(30)22(21)16-26(27)32-3)10-11-25(31-2)28(23)29-17-19-8-6-5-7-9-19;/h5-11,14-16,18H,4,12-13,17H2,1-3H3;1H. The number of fused-ring (bicyclic) bond motifs is 4. The fourth-order valence-electron chi connectivity index (χ4n) is 4.61.